The first kappa shape index (κ1) is 13.4. The van der Waals surface area contributed by atoms with Crippen molar-refractivity contribution in [3.8, 4) is 0 Å². The highest BCUT2D eigenvalue weighted by Gasteiger charge is 2.44. The molecule has 1 saturated carbocycles. The topological polar surface area (TPSA) is 55.6 Å². The number of piperidine rings is 1. The number of carbonyl (C=O) groups excluding carboxylic acids is 1. The van der Waals surface area contributed by atoms with E-state index in [0.717, 1.165) is 18.9 Å². The van der Waals surface area contributed by atoms with Crippen LogP contribution in [0.3, 0.4) is 0 Å². The first-order valence-electron chi connectivity index (χ1n) is 7.88. The molecular weight excluding hydrogens is 240 g/mol. The summed E-state index contributed by atoms with van der Waals surface area (Å²) >= 11 is 0. The van der Waals surface area contributed by atoms with Crippen molar-refractivity contribution in [2.24, 2.45) is 11.7 Å². The van der Waals surface area contributed by atoms with E-state index in [2.05, 4.69) is 4.90 Å². The highest BCUT2D eigenvalue weighted by molar-refractivity contribution is 5.86. The Bertz CT molecular complexity index is 337. The van der Waals surface area contributed by atoms with E-state index in [1.807, 2.05) is 0 Å². The van der Waals surface area contributed by atoms with E-state index in [-0.39, 0.29) is 5.91 Å². The fourth-order valence-corrected chi connectivity index (χ4v) is 4.11. The van der Waals surface area contributed by atoms with Gasteiger partial charge >= 0.3 is 0 Å². The number of rotatable bonds is 1. The van der Waals surface area contributed by atoms with E-state index in [1.165, 1.54) is 32.1 Å². The van der Waals surface area contributed by atoms with Gasteiger partial charge in [-0.05, 0) is 44.4 Å². The van der Waals surface area contributed by atoms with Gasteiger partial charge in [0.15, 0.2) is 0 Å². The zero-order valence-electron chi connectivity index (χ0n) is 11.8. The monoisotopic (exact) mass is 266 g/mol. The fraction of sp³-hybridized carbons (Fsp3) is 0.933. The smallest absolute Gasteiger partial charge is 0.243 e. The first-order valence-corrected chi connectivity index (χ1v) is 7.88. The summed E-state index contributed by atoms with van der Waals surface area (Å²) in [6.07, 6.45) is 8.91. The van der Waals surface area contributed by atoms with Gasteiger partial charge in [0.1, 0.15) is 0 Å². The second kappa shape index (κ2) is 5.41. The number of fused-ring (bicyclic) bond motifs is 1. The van der Waals surface area contributed by atoms with Crippen LogP contribution in [-0.2, 0) is 9.53 Å². The zero-order chi connectivity index (χ0) is 13.3. The molecule has 2 aliphatic heterocycles. The third-order valence-electron chi connectivity index (χ3n) is 5.32. The number of likely N-dealkylation sites (tertiary alicyclic amines) is 1. The minimum absolute atomic E-state index is 0.201. The van der Waals surface area contributed by atoms with Crippen LogP contribution in [0.4, 0.5) is 0 Å². The molecule has 1 aliphatic carbocycles. The van der Waals surface area contributed by atoms with Crippen molar-refractivity contribution in [2.75, 3.05) is 19.8 Å². The lowest BCUT2D eigenvalue weighted by atomic mass is 9.77. The SMILES string of the molecule is NC1(C(=O)N2CCC[C@H]3CCCC[C@H]32)CCOCC1. The zero-order valence-corrected chi connectivity index (χ0v) is 11.8. The molecule has 2 heterocycles. The molecule has 0 unspecified atom stereocenters. The van der Waals surface area contributed by atoms with Crippen LogP contribution in [0.25, 0.3) is 0 Å². The third-order valence-corrected chi connectivity index (χ3v) is 5.32. The highest BCUT2D eigenvalue weighted by Crippen LogP contribution is 2.36. The maximum atomic E-state index is 12.9. The van der Waals surface area contributed by atoms with Crippen LogP contribution in [0.15, 0.2) is 0 Å². The quantitative estimate of drug-likeness (QED) is 0.785. The molecular formula is C15H26N2O2. The van der Waals surface area contributed by atoms with Crippen LogP contribution < -0.4 is 5.73 Å². The average Bonchev–Trinajstić information content (AvgIpc) is 2.47. The summed E-state index contributed by atoms with van der Waals surface area (Å²) in [5.41, 5.74) is 5.73. The molecule has 108 valence electrons. The van der Waals surface area contributed by atoms with Crippen molar-refractivity contribution in [1.29, 1.82) is 0 Å². The van der Waals surface area contributed by atoms with Crippen molar-refractivity contribution in [3.05, 3.63) is 0 Å². The van der Waals surface area contributed by atoms with Gasteiger partial charge in [-0.1, -0.05) is 12.8 Å². The van der Waals surface area contributed by atoms with Crippen molar-refractivity contribution >= 4 is 5.91 Å². The molecule has 2 N–H and O–H groups in total. The van der Waals surface area contributed by atoms with Crippen molar-refractivity contribution < 1.29 is 9.53 Å². The Balaban J connectivity index is 1.74. The van der Waals surface area contributed by atoms with Crippen LogP contribution in [0.5, 0.6) is 0 Å². The Morgan fingerprint density at radius 2 is 1.79 bits per heavy atom. The lowest BCUT2D eigenvalue weighted by Gasteiger charge is -2.47. The maximum absolute atomic E-state index is 12.9. The minimum Gasteiger partial charge on any atom is -0.381 e. The fourth-order valence-electron chi connectivity index (χ4n) is 4.11. The van der Waals surface area contributed by atoms with E-state index in [0.29, 0.717) is 32.1 Å². The highest BCUT2D eigenvalue weighted by atomic mass is 16.5. The maximum Gasteiger partial charge on any atom is 0.243 e. The van der Waals surface area contributed by atoms with Crippen LogP contribution in [-0.4, -0.2) is 42.1 Å². The minimum atomic E-state index is -0.655. The van der Waals surface area contributed by atoms with Gasteiger partial charge in [0, 0.05) is 25.8 Å². The predicted molar refractivity (Wildman–Crippen MR) is 73.7 cm³/mol. The number of carbonyl (C=O) groups is 1. The molecule has 4 nitrogen and oxygen atoms in total. The summed E-state index contributed by atoms with van der Waals surface area (Å²) in [6.45, 7) is 2.17. The van der Waals surface area contributed by atoms with Crippen molar-refractivity contribution in [3.63, 3.8) is 0 Å². The Morgan fingerprint density at radius 1 is 1.11 bits per heavy atom. The van der Waals surface area contributed by atoms with E-state index < -0.39 is 5.54 Å². The standard InChI is InChI=1S/C15H26N2O2/c16-15(7-10-19-11-8-15)14(18)17-9-3-5-12-4-1-2-6-13(12)17/h12-13H,1-11,16H2/t12-,13-/m1/s1. The lowest BCUT2D eigenvalue weighted by Crippen LogP contribution is -2.62. The Kier molecular flexibility index (Phi) is 3.81. The molecule has 3 aliphatic rings. The normalized spacial score (nSPS) is 34.7. The summed E-state index contributed by atoms with van der Waals surface area (Å²) in [6, 6.07) is 0.471. The summed E-state index contributed by atoms with van der Waals surface area (Å²) in [5.74, 6) is 0.933. The molecule has 4 heteroatoms. The molecule has 19 heavy (non-hydrogen) atoms. The van der Waals surface area contributed by atoms with Gasteiger partial charge in [-0.2, -0.15) is 0 Å². The van der Waals surface area contributed by atoms with Crippen LogP contribution in [0.1, 0.15) is 51.4 Å². The predicted octanol–water partition coefficient (Wildman–Crippen LogP) is 1.68. The second-order valence-electron chi connectivity index (χ2n) is 6.52. The molecule has 0 bridgehead atoms. The average molecular weight is 266 g/mol. The summed E-state index contributed by atoms with van der Waals surface area (Å²) in [4.78, 5) is 15.0. The van der Waals surface area contributed by atoms with Crippen LogP contribution in [0, 0.1) is 5.92 Å². The van der Waals surface area contributed by atoms with Crippen LogP contribution >= 0.6 is 0 Å². The Labute approximate surface area is 115 Å². The molecule has 0 spiro atoms. The lowest BCUT2D eigenvalue weighted by molar-refractivity contribution is -0.147. The Morgan fingerprint density at radius 3 is 2.58 bits per heavy atom. The van der Waals surface area contributed by atoms with Gasteiger partial charge in [0.2, 0.25) is 5.91 Å². The number of ether oxygens (including phenoxy) is 1. The van der Waals surface area contributed by atoms with Gasteiger partial charge in [-0.3, -0.25) is 4.79 Å². The van der Waals surface area contributed by atoms with Crippen molar-refractivity contribution in [2.45, 2.75) is 62.9 Å². The van der Waals surface area contributed by atoms with E-state index >= 15 is 0 Å². The molecule has 1 amide bonds. The van der Waals surface area contributed by atoms with Gasteiger partial charge in [0.05, 0.1) is 5.54 Å². The van der Waals surface area contributed by atoms with Crippen LogP contribution in [0.2, 0.25) is 0 Å². The number of hydrogen-bond donors (Lipinski definition) is 1. The number of nitrogens with zero attached hydrogens (tertiary/aromatic N) is 1. The summed E-state index contributed by atoms with van der Waals surface area (Å²) in [7, 11) is 0. The molecule has 0 aromatic carbocycles. The van der Waals surface area contributed by atoms with Gasteiger partial charge < -0.3 is 15.4 Å². The van der Waals surface area contributed by atoms with Crippen molar-refractivity contribution in [1.82, 2.24) is 4.90 Å². The molecule has 0 aromatic rings. The first-order chi connectivity index (χ1) is 9.21. The van der Waals surface area contributed by atoms with E-state index in [9.17, 15) is 4.79 Å². The molecule has 0 aromatic heterocycles. The van der Waals surface area contributed by atoms with Gasteiger partial charge in [-0.15, -0.1) is 0 Å². The molecule has 2 saturated heterocycles. The molecule has 3 fully saturated rings. The second-order valence-corrected chi connectivity index (χ2v) is 6.52. The van der Waals surface area contributed by atoms with E-state index in [1.54, 1.807) is 0 Å². The Hall–Kier alpha value is -0.610. The number of nitrogens with two attached hydrogens (primary N) is 1. The largest absolute Gasteiger partial charge is 0.381 e. The van der Waals surface area contributed by atoms with Gasteiger partial charge in [-0.25, -0.2) is 0 Å². The van der Waals surface area contributed by atoms with E-state index in [4.69, 9.17) is 10.5 Å². The summed E-state index contributed by atoms with van der Waals surface area (Å²) < 4.78 is 5.36. The van der Waals surface area contributed by atoms with Gasteiger partial charge in [0.25, 0.3) is 0 Å². The number of hydrogen-bond acceptors (Lipinski definition) is 3. The molecule has 0 radical (unpaired) electrons. The summed E-state index contributed by atoms with van der Waals surface area (Å²) in [5, 5.41) is 0. The number of amides is 1. The third kappa shape index (κ3) is 2.52. The molecule has 2 atom stereocenters. The molecule has 3 rings (SSSR count).